The second-order valence-corrected chi connectivity index (χ2v) is 8.17. The summed E-state index contributed by atoms with van der Waals surface area (Å²) in [5.41, 5.74) is 0.811. The number of aromatic amines is 1. The van der Waals surface area contributed by atoms with E-state index in [1.165, 1.54) is 26.4 Å². The zero-order chi connectivity index (χ0) is 20.5. The number of benzene rings is 2. The molecule has 28 heavy (non-hydrogen) atoms. The zero-order valence-electron chi connectivity index (χ0n) is 15.5. The Morgan fingerprint density at radius 2 is 1.86 bits per heavy atom. The molecule has 0 atom stereocenters. The number of hydrogen-bond donors (Lipinski definition) is 1. The number of nitrogens with one attached hydrogen (secondary N) is 1. The maximum Gasteiger partial charge on any atom is 0.339 e. The summed E-state index contributed by atoms with van der Waals surface area (Å²) in [6.07, 6.45) is 1.28. The standard InChI is InChI=1S/C19H18N2O6S/c1-26-12-5-6-13-14(10-12)16(20-21-18(13)22)9-11-4-7-17(28(3,24)25)15(8-11)19(23)27-2/h4-8,10H,9H2,1-3H3,(H,21,22). The summed E-state index contributed by atoms with van der Waals surface area (Å²) in [6.45, 7) is 0. The molecule has 3 aromatic rings. The fourth-order valence-electron chi connectivity index (χ4n) is 2.93. The van der Waals surface area contributed by atoms with E-state index in [1.807, 2.05) is 0 Å². The molecule has 0 saturated carbocycles. The van der Waals surface area contributed by atoms with Crippen molar-refractivity contribution in [3.8, 4) is 5.75 Å². The molecule has 1 heterocycles. The predicted octanol–water partition coefficient (Wildman–Crippen LogP) is 1.71. The molecule has 2 aromatic carbocycles. The summed E-state index contributed by atoms with van der Waals surface area (Å²) in [5.74, 6) is -0.174. The minimum atomic E-state index is -3.61. The first-order chi connectivity index (χ1) is 13.2. The summed E-state index contributed by atoms with van der Waals surface area (Å²) in [5, 5.41) is 7.62. The van der Waals surface area contributed by atoms with Crippen LogP contribution in [0.2, 0.25) is 0 Å². The smallest absolute Gasteiger partial charge is 0.339 e. The Bertz CT molecular complexity index is 1230. The van der Waals surface area contributed by atoms with Crippen LogP contribution in [0.25, 0.3) is 10.8 Å². The molecule has 0 spiro atoms. The number of H-pyrrole nitrogens is 1. The molecule has 1 aromatic heterocycles. The molecule has 0 saturated heterocycles. The largest absolute Gasteiger partial charge is 0.497 e. The number of sulfone groups is 1. The van der Waals surface area contributed by atoms with Crippen molar-refractivity contribution in [2.75, 3.05) is 20.5 Å². The minimum Gasteiger partial charge on any atom is -0.497 e. The lowest BCUT2D eigenvalue weighted by Crippen LogP contribution is -2.13. The van der Waals surface area contributed by atoms with E-state index in [0.717, 1.165) is 6.26 Å². The third-order valence-corrected chi connectivity index (χ3v) is 5.45. The van der Waals surface area contributed by atoms with Crippen LogP contribution in [-0.4, -0.2) is 45.1 Å². The van der Waals surface area contributed by atoms with E-state index in [0.29, 0.717) is 27.8 Å². The van der Waals surface area contributed by atoms with Gasteiger partial charge in [-0.05, 0) is 35.9 Å². The molecular weight excluding hydrogens is 384 g/mol. The van der Waals surface area contributed by atoms with Crippen molar-refractivity contribution in [2.45, 2.75) is 11.3 Å². The lowest BCUT2D eigenvalue weighted by Gasteiger charge is -2.10. The first kappa shape index (κ1) is 19.6. The fraction of sp³-hybridized carbons (Fsp3) is 0.211. The van der Waals surface area contributed by atoms with Crippen molar-refractivity contribution in [3.05, 3.63) is 63.6 Å². The first-order valence-corrected chi connectivity index (χ1v) is 10.1. The van der Waals surface area contributed by atoms with Crippen LogP contribution in [0.15, 0.2) is 46.1 Å². The van der Waals surface area contributed by atoms with E-state index in [2.05, 4.69) is 10.2 Å². The van der Waals surface area contributed by atoms with Gasteiger partial charge in [-0.25, -0.2) is 18.3 Å². The number of aromatic nitrogens is 2. The number of hydrogen-bond acceptors (Lipinski definition) is 7. The van der Waals surface area contributed by atoms with Gasteiger partial charge in [0.2, 0.25) is 0 Å². The molecule has 0 aliphatic carbocycles. The van der Waals surface area contributed by atoms with Crippen molar-refractivity contribution in [2.24, 2.45) is 0 Å². The lowest BCUT2D eigenvalue weighted by atomic mass is 10.0. The molecule has 1 N–H and O–H groups in total. The highest BCUT2D eigenvalue weighted by Gasteiger charge is 2.20. The van der Waals surface area contributed by atoms with Gasteiger partial charge in [-0.2, -0.15) is 5.10 Å². The highest BCUT2D eigenvalue weighted by Crippen LogP contribution is 2.24. The summed E-state index contributed by atoms with van der Waals surface area (Å²) in [4.78, 5) is 24.0. The van der Waals surface area contributed by atoms with E-state index in [9.17, 15) is 18.0 Å². The average molecular weight is 402 g/mol. The number of fused-ring (bicyclic) bond motifs is 1. The second-order valence-electron chi connectivity index (χ2n) is 6.18. The molecule has 0 aliphatic heterocycles. The predicted molar refractivity (Wildman–Crippen MR) is 103 cm³/mol. The Balaban J connectivity index is 2.13. The maximum absolute atomic E-state index is 12.1. The third kappa shape index (κ3) is 3.74. The van der Waals surface area contributed by atoms with E-state index in [1.54, 1.807) is 24.3 Å². The van der Waals surface area contributed by atoms with Crippen LogP contribution < -0.4 is 10.3 Å². The Kier molecular flexibility index (Phi) is 5.19. The van der Waals surface area contributed by atoms with E-state index >= 15 is 0 Å². The van der Waals surface area contributed by atoms with E-state index < -0.39 is 15.8 Å². The van der Waals surface area contributed by atoms with Gasteiger partial charge in [0.25, 0.3) is 5.56 Å². The lowest BCUT2D eigenvalue weighted by molar-refractivity contribution is 0.0596. The number of methoxy groups -OCH3 is 2. The van der Waals surface area contributed by atoms with Crippen LogP contribution in [0, 0.1) is 0 Å². The Labute approximate surface area is 161 Å². The van der Waals surface area contributed by atoms with Gasteiger partial charge in [0, 0.05) is 18.1 Å². The van der Waals surface area contributed by atoms with Gasteiger partial charge in [0.05, 0.1) is 35.8 Å². The van der Waals surface area contributed by atoms with Crippen molar-refractivity contribution >= 4 is 26.6 Å². The van der Waals surface area contributed by atoms with Gasteiger partial charge in [0.1, 0.15) is 5.75 Å². The molecule has 0 fully saturated rings. The van der Waals surface area contributed by atoms with Crippen molar-refractivity contribution < 1.29 is 22.7 Å². The SMILES string of the molecule is COC(=O)c1cc(Cc2n[nH]c(=O)c3ccc(OC)cc23)ccc1S(C)(=O)=O. The fourth-order valence-corrected chi connectivity index (χ4v) is 3.79. The maximum atomic E-state index is 12.1. The van der Waals surface area contributed by atoms with Gasteiger partial charge in [-0.3, -0.25) is 4.79 Å². The summed E-state index contributed by atoms with van der Waals surface area (Å²) >= 11 is 0. The Morgan fingerprint density at radius 1 is 1.11 bits per heavy atom. The molecule has 3 rings (SSSR count). The van der Waals surface area contributed by atoms with Crippen molar-refractivity contribution in [1.29, 1.82) is 0 Å². The minimum absolute atomic E-state index is 0.0474. The quantitative estimate of drug-likeness (QED) is 0.646. The van der Waals surface area contributed by atoms with E-state index in [-0.39, 0.29) is 22.4 Å². The van der Waals surface area contributed by atoms with Crippen molar-refractivity contribution in [3.63, 3.8) is 0 Å². The zero-order valence-corrected chi connectivity index (χ0v) is 16.3. The number of esters is 1. The summed E-state index contributed by atoms with van der Waals surface area (Å²) in [6, 6.07) is 9.45. The van der Waals surface area contributed by atoms with Crippen LogP contribution in [-0.2, 0) is 21.0 Å². The average Bonchev–Trinajstić information content (AvgIpc) is 2.68. The molecule has 146 valence electrons. The molecule has 0 bridgehead atoms. The van der Waals surface area contributed by atoms with Crippen LogP contribution in [0.5, 0.6) is 5.75 Å². The van der Waals surface area contributed by atoms with Gasteiger partial charge in [0.15, 0.2) is 9.84 Å². The molecule has 0 unspecified atom stereocenters. The third-order valence-electron chi connectivity index (χ3n) is 4.29. The van der Waals surface area contributed by atoms with Gasteiger partial charge in [-0.15, -0.1) is 0 Å². The van der Waals surface area contributed by atoms with Crippen LogP contribution in [0.1, 0.15) is 21.6 Å². The van der Waals surface area contributed by atoms with Gasteiger partial charge < -0.3 is 9.47 Å². The first-order valence-electron chi connectivity index (χ1n) is 8.21. The van der Waals surface area contributed by atoms with E-state index in [4.69, 9.17) is 9.47 Å². The van der Waals surface area contributed by atoms with Gasteiger partial charge >= 0.3 is 5.97 Å². The highest BCUT2D eigenvalue weighted by atomic mass is 32.2. The van der Waals surface area contributed by atoms with Gasteiger partial charge in [-0.1, -0.05) is 6.07 Å². The Morgan fingerprint density at radius 3 is 2.50 bits per heavy atom. The number of nitrogens with zero attached hydrogens (tertiary/aromatic N) is 1. The molecule has 0 aliphatic rings. The summed E-state index contributed by atoms with van der Waals surface area (Å²) < 4.78 is 33.8. The normalized spacial score (nSPS) is 11.4. The Hall–Kier alpha value is -3.20. The van der Waals surface area contributed by atoms with Crippen molar-refractivity contribution in [1.82, 2.24) is 10.2 Å². The monoisotopic (exact) mass is 402 g/mol. The summed E-state index contributed by atoms with van der Waals surface area (Å²) in [7, 11) is -0.901. The molecule has 9 heteroatoms. The molecule has 0 radical (unpaired) electrons. The molecular formula is C19H18N2O6S. The number of carbonyl (C=O) groups is 1. The van der Waals surface area contributed by atoms with Crippen LogP contribution >= 0.6 is 0 Å². The number of ether oxygens (including phenoxy) is 2. The number of carbonyl (C=O) groups excluding carboxylic acids is 1. The molecule has 8 nitrogen and oxygen atoms in total. The second kappa shape index (κ2) is 7.43. The highest BCUT2D eigenvalue weighted by molar-refractivity contribution is 7.90. The number of rotatable bonds is 5. The molecule has 0 amide bonds. The van der Waals surface area contributed by atoms with Crippen LogP contribution in [0.4, 0.5) is 0 Å². The topological polar surface area (TPSA) is 115 Å². The van der Waals surface area contributed by atoms with Crippen LogP contribution in [0.3, 0.4) is 0 Å².